The second-order valence-electron chi connectivity index (χ2n) is 6.37. The van der Waals surface area contributed by atoms with E-state index in [1.165, 1.54) is 12.1 Å². The first-order valence-corrected chi connectivity index (χ1v) is 8.45. The highest BCUT2D eigenvalue weighted by Crippen LogP contribution is 2.36. The van der Waals surface area contributed by atoms with Crippen LogP contribution in [0.4, 0.5) is 10.1 Å². The maximum absolute atomic E-state index is 13.3. The van der Waals surface area contributed by atoms with Gasteiger partial charge in [-0.3, -0.25) is 9.59 Å². The molecule has 0 bridgehead atoms. The summed E-state index contributed by atoms with van der Waals surface area (Å²) in [5.41, 5.74) is 1.37. The maximum Gasteiger partial charge on any atom is 0.229 e. The molecule has 5 nitrogen and oxygen atoms in total. The van der Waals surface area contributed by atoms with Crippen LogP contribution in [0.25, 0.3) is 0 Å². The van der Waals surface area contributed by atoms with E-state index in [2.05, 4.69) is 5.32 Å². The molecular weight excluding hydrogens is 335 g/mol. The predicted molar refractivity (Wildman–Crippen MR) is 96.3 cm³/mol. The third-order valence-electron chi connectivity index (χ3n) is 4.75. The minimum absolute atomic E-state index is 0.0234. The molecule has 0 saturated carbocycles. The molecule has 136 valence electrons. The van der Waals surface area contributed by atoms with Crippen LogP contribution in [0.3, 0.4) is 0 Å². The number of nitrogens with zero attached hydrogens (tertiary/aromatic N) is 1. The minimum atomic E-state index is -0.428. The first-order valence-electron chi connectivity index (χ1n) is 8.45. The Balaban J connectivity index is 1.86. The largest absolute Gasteiger partial charge is 0.497 e. The summed E-state index contributed by atoms with van der Waals surface area (Å²) in [6, 6.07) is 12.6. The van der Waals surface area contributed by atoms with Crippen LogP contribution in [0.5, 0.6) is 5.75 Å². The molecule has 0 spiro atoms. The Bertz CT molecular complexity index is 807. The number of hydrogen-bond acceptors (Lipinski definition) is 3. The maximum atomic E-state index is 13.3. The summed E-state index contributed by atoms with van der Waals surface area (Å²) < 4.78 is 18.4. The van der Waals surface area contributed by atoms with Crippen molar-refractivity contribution in [2.75, 3.05) is 19.5 Å². The van der Waals surface area contributed by atoms with Gasteiger partial charge in [-0.25, -0.2) is 4.39 Å². The Hall–Kier alpha value is -2.89. The summed E-state index contributed by atoms with van der Waals surface area (Å²) in [6.45, 7) is 0. The molecule has 3 rings (SSSR count). The topological polar surface area (TPSA) is 58.6 Å². The summed E-state index contributed by atoms with van der Waals surface area (Å²) in [5.74, 6) is -0.323. The van der Waals surface area contributed by atoms with Crippen molar-refractivity contribution in [3.8, 4) is 5.75 Å². The molecule has 26 heavy (non-hydrogen) atoms. The highest BCUT2D eigenvalue weighted by molar-refractivity contribution is 5.94. The van der Waals surface area contributed by atoms with E-state index < -0.39 is 12.0 Å². The lowest BCUT2D eigenvalue weighted by Crippen LogP contribution is -2.44. The number of likely N-dealkylation sites (tertiary alicyclic amines) is 1. The normalized spacial score (nSPS) is 20.0. The number of ether oxygens (including phenoxy) is 1. The summed E-state index contributed by atoms with van der Waals surface area (Å²) in [6.07, 6.45) is 0.755. The Kier molecular flexibility index (Phi) is 5.21. The quantitative estimate of drug-likeness (QED) is 0.914. The van der Waals surface area contributed by atoms with E-state index in [-0.39, 0.29) is 17.6 Å². The van der Waals surface area contributed by atoms with Gasteiger partial charge in [-0.15, -0.1) is 0 Å². The molecule has 2 aromatic rings. The molecule has 1 aliphatic heterocycles. The lowest BCUT2D eigenvalue weighted by Gasteiger charge is -2.38. The van der Waals surface area contributed by atoms with E-state index >= 15 is 0 Å². The van der Waals surface area contributed by atoms with Crippen LogP contribution in [0, 0.1) is 11.7 Å². The summed E-state index contributed by atoms with van der Waals surface area (Å²) in [7, 11) is 3.24. The molecule has 2 aromatic carbocycles. The van der Waals surface area contributed by atoms with Gasteiger partial charge in [0.1, 0.15) is 11.6 Å². The van der Waals surface area contributed by atoms with Gasteiger partial charge >= 0.3 is 0 Å². The molecule has 2 atom stereocenters. The Morgan fingerprint density at radius 1 is 1.23 bits per heavy atom. The van der Waals surface area contributed by atoms with Crippen molar-refractivity contribution in [3.05, 3.63) is 59.9 Å². The number of carbonyl (C=O) groups is 2. The number of carbonyl (C=O) groups excluding carboxylic acids is 2. The zero-order chi connectivity index (χ0) is 18.7. The van der Waals surface area contributed by atoms with Gasteiger partial charge in [-0.05, 0) is 36.2 Å². The van der Waals surface area contributed by atoms with Crippen molar-refractivity contribution in [2.24, 2.45) is 5.92 Å². The Morgan fingerprint density at radius 3 is 2.65 bits per heavy atom. The van der Waals surface area contributed by atoms with Crippen molar-refractivity contribution in [3.63, 3.8) is 0 Å². The number of halogens is 1. The van der Waals surface area contributed by atoms with E-state index in [1.54, 1.807) is 55.5 Å². The van der Waals surface area contributed by atoms with Gasteiger partial charge < -0.3 is 15.0 Å². The van der Waals surface area contributed by atoms with Gasteiger partial charge in [0.15, 0.2) is 0 Å². The molecule has 0 aliphatic carbocycles. The standard InChI is InChI=1S/C20H21FN2O3/c1-23-18(24)11-10-17(19(23)13-6-8-14(21)9-7-13)20(25)22-15-4-3-5-16(12-15)26-2/h3-9,12,17,19H,10-11H2,1-2H3,(H,22,25)/t17-,19+/m1/s1. The highest BCUT2D eigenvalue weighted by Gasteiger charge is 2.38. The number of benzene rings is 2. The van der Waals surface area contributed by atoms with Crippen LogP contribution in [0.2, 0.25) is 0 Å². The van der Waals surface area contributed by atoms with Gasteiger partial charge in [0.2, 0.25) is 11.8 Å². The molecular formula is C20H21FN2O3. The lowest BCUT2D eigenvalue weighted by atomic mass is 9.84. The van der Waals surface area contributed by atoms with Crippen LogP contribution < -0.4 is 10.1 Å². The SMILES string of the molecule is COc1cccc(NC(=O)[C@@H]2CCC(=O)N(C)[C@H]2c2ccc(F)cc2)c1. The Morgan fingerprint density at radius 2 is 1.96 bits per heavy atom. The van der Waals surface area contributed by atoms with E-state index in [1.807, 2.05) is 0 Å². The van der Waals surface area contributed by atoms with Gasteiger partial charge in [0.25, 0.3) is 0 Å². The number of rotatable bonds is 4. The third kappa shape index (κ3) is 3.69. The predicted octanol–water partition coefficient (Wildman–Crippen LogP) is 3.38. The molecule has 1 aliphatic rings. The average molecular weight is 356 g/mol. The summed E-state index contributed by atoms with van der Waals surface area (Å²) >= 11 is 0. The molecule has 1 saturated heterocycles. The van der Waals surface area contributed by atoms with Crippen LogP contribution in [0.1, 0.15) is 24.4 Å². The smallest absolute Gasteiger partial charge is 0.229 e. The van der Waals surface area contributed by atoms with Gasteiger partial charge in [-0.1, -0.05) is 18.2 Å². The van der Waals surface area contributed by atoms with E-state index in [4.69, 9.17) is 4.74 Å². The number of hydrogen-bond donors (Lipinski definition) is 1. The van der Waals surface area contributed by atoms with Crippen molar-refractivity contribution < 1.29 is 18.7 Å². The fourth-order valence-electron chi connectivity index (χ4n) is 3.36. The molecule has 6 heteroatoms. The first-order chi connectivity index (χ1) is 12.5. The van der Waals surface area contributed by atoms with E-state index in [0.717, 1.165) is 5.56 Å². The van der Waals surface area contributed by atoms with E-state index in [9.17, 15) is 14.0 Å². The van der Waals surface area contributed by atoms with Crippen molar-refractivity contribution in [1.82, 2.24) is 4.90 Å². The molecule has 2 amide bonds. The molecule has 1 fully saturated rings. The zero-order valence-corrected chi connectivity index (χ0v) is 14.7. The molecule has 0 radical (unpaired) electrons. The average Bonchev–Trinajstić information content (AvgIpc) is 2.65. The fourth-order valence-corrected chi connectivity index (χ4v) is 3.36. The first kappa shape index (κ1) is 17.9. The van der Waals surface area contributed by atoms with E-state index in [0.29, 0.717) is 24.3 Å². The van der Waals surface area contributed by atoms with Crippen molar-refractivity contribution in [2.45, 2.75) is 18.9 Å². The van der Waals surface area contributed by atoms with Crippen LogP contribution in [-0.2, 0) is 9.59 Å². The minimum Gasteiger partial charge on any atom is -0.497 e. The molecule has 1 heterocycles. The lowest BCUT2D eigenvalue weighted by molar-refractivity contribution is -0.140. The second kappa shape index (κ2) is 7.56. The number of piperidine rings is 1. The monoisotopic (exact) mass is 356 g/mol. The number of anilines is 1. The van der Waals surface area contributed by atoms with Gasteiger partial charge in [0, 0.05) is 25.2 Å². The Labute approximate surface area is 151 Å². The van der Waals surface area contributed by atoms with Crippen molar-refractivity contribution in [1.29, 1.82) is 0 Å². The highest BCUT2D eigenvalue weighted by atomic mass is 19.1. The molecule has 0 aromatic heterocycles. The number of methoxy groups -OCH3 is 1. The molecule has 0 unspecified atom stereocenters. The molecule has 1 N–H and O–H groups in total. The summed E-state index contributed by atoms with van der Waals surface area (Å²) in [4.78, 5) is 26.6. The van der Waals surface area contributed by atoms with Crippen LogP contribution >= 0.6 is 0 Å². The van der Waals surface area contributed by atoms with Gasteiger partial charge in [-0.2, -0.15) is 0 Å². The van der Waals surface area contributed by atoms with Crippen molar-refractivity contribution >= 4 is 17.5 Å². The zero-order valence-electron chi connectivity index (χ0n) is 14.7. The second-order valence-corrected chi connectivity index (χ2v) is 6.37. The summed E-state index contributed by atoms with van der Waals surface area (Å²) in [5, 5.41) is 2.90. The van der Waals surface area contributed by atoms with Crippen LogP contribution in [-0.4, -0.2) is 30.9 Å². The third-order valence-corrected chi connectivity index (χ3v) is 4.75. The van der Waals surface area contributed by atoms with Crippen LogP contribution in [0.15, 0.2) is 48.5 Å². The number of amides is 2. The van der Waals surface area contributed by atoms with Gasteiger partial charge in [0.05, 0.1) is 19.1 Å². The number of nitrogens with one attached hydrogen (secondary N) is 1. The fraction of sp³-hybridized carbons (Fsp3) is 0.300.